The summed E-state index contributed by atoms with van der Waals surface area (Å²) in [6, 6.07) is 4.47. The number of aliphatic hydroxyl groups excluding tert-OH is 1. The summed E-state index contributed by atoms with van der Waals surface area (Å²) in [5, 5.41) is 14.6. The monoisotopic (exact) mass is 199 g/mol. The van der Waals surface area contributed by atoms with Crippen LogP contribution < -0.4 is 5.32 Å². The Morgan fingerprint density at radius 1 is 1.62 bits per heavy atom. The van der Waals surface area contributed by atoms with Crippen LogP contribution in [0.1, 0.15) is 24.8 Å². The summed E-state index contributed by atoms with van der Waals surface area (Å²) in [7, 11) is 0. The van der Waals surface area contributed by atoms with E-state index in [1.165, 1.54) is 4.88 Å². The molecule has 0 fully saturated rings. The van der Waals surface area contributed by atoms with Crippen LogP contribution in [0.3, 0.4) is 0 Å². The Hall–Kier alpha value is -0.380. The van der Waals surface area contributed by atoms with Crippen molar-refractivity contribution in [3.05, 3.63) is 22.4 Å². The number of thiophene rings is 1. The second-order valence-electron chi connectivity index (χ2n) is 3.21. The third-order valence-corrected chi connectivity index (χ3v) is 3.09. The van der Waals surface area contributed by atoms with Crippen molar-refractivity contribution in [3.8, 4) is 0 Å². The second kappa shape index (κ2) is 5.37. The van der Waals surface area contributed by atoms with Gasteiger partial charge in [0.1, 0.15) is 0 Å². The number of nitrogens with one attached hydrogen (secondary N) is 1. The third kappa shape index (κ3) is 2.79. The Bertz CT molecular complexity index is 223. The molecule has 3 heteroatoms. The molecular weight excluding hydrogens is 182 g/mol. The van der Waals surface area contributed by atoms with Crippen molar-refractivity contribution in [2.24, 2.45) is 5.92 Å². The maximum atomic E-state index is 9.10. The number of hydrogen-bond acceptors (Lipinski definition) is 3. The predicted octanol–water partition coefficient (Wildman–Crippen LogP) is 2.03. The molecule has 0 radical (unpaired) electrons. The summed E-state index contributed by atoms with van der Waals surface area (Å²) < 4.78 is 0. The zero-order valence-corrected chi connectivity index (χ0v) is 8.97. The number of hydrogen-bond donors (Lipinski definition) is 2. The van der Waals surface area contributed by atoms with Gasteiger partial charge in [0.2, 0.25) is 0 Å². The Kier molecular flexibility index (Phi) is 4.42. The lowest BCUT2D eigenvalue weighted by atomic mass is 10.0. The highest BCUT2D eigenvalue weighted by molar-refractivity contribution is 7.10. The molecule has 1 aromatic heterocycles. The van der Waals surface area contributed by atoms with Crippen molar-refractivity contribution >= 4 is 11.3 Å². The molecule has 0 aliphatic heterocycles. The van der Waals surface area contributed by atoms with Crippen molar-refractivity contribution < 1.29 is 5.11 Å². The first-order chi connectivity index (χ1) is 6.29. The molecule has 2 nitrogen and oxygen atoms in total. The summed E-state index contributed by atoms with van der Waals surface area (Å²) >= 11 is 1.74. The Balaban J connectivity index is 2.68. The van der Waals surface area contributed by atoms with Gasteiger partial charge < -0.3 is 10.4 Å². The van der Waals surface area contributed by atoms with E-state index in [-0.39, 0.29) is 12.5 Å². The van der Waals surface area contributed by atoms with Gasteiger partial charge in [-0.1, -0.05) is 19.9 Å². The minimum atomic E-state index is 0.232. The zero-order chi connectivity index (χ0) is 9.68. The molecule has 0 spiro atoms. The van der Waals surface area contributed by atoms with Crippen LogP contribution in [0.2, 0.25) is 0 Å². The van der Waals surface area contributed by atoms with Crippen molar-refractivity contribution in [3.63, 3.8) is 0 Å². The van der Waals surface area contributed by atoms with Crippen LogP contribution in [-0.4, -0.2) is 18.3 Å². The van der Waals surface area contributed by atoms with Crippen molar-refractivity contribution in [1.82, 2.24) is 5.32 Å². The van der Waals surface area contributed by atoms with E-state index in [1.54, 1.807) is 11.3 Å². The minimum Gasteiger partial charge on any atom is -0.396 e. The molecule has 1 rings (SSSR count). The highest BCUT2D eigenvalue weighted by Gasteiger charge is 2.17. The van der Waals surface area contributed by atoms with Crippen molar-refractivity contribution in [2.75, 3.05) is 13.2 Å². The van der Waals surface area contributed by atoms with Gasteiger partial charge in [-0.3, -0.25) is 0 Å². The van der Waals surface area contributed by atoms with E-state index < -0.39 is 0 Å². The fraction of sp³-hybridized carbons (Fsp3) is 0.600. The van der Waals surface area contributed by atoms with E-state index in [1.807, 2.05) is 0 Å². The second-order valence-corrected chi connectivity index (χ2v) is 4.19. The van der Waals surface area contributed by atoms with Gasteiger partial charge in [-0.25, -0.2) is 0 Å². The van der Waals surface area contributed by atoms with Crippen LogP contribution in [0.5, 0.6) is 0 Å². The normalized spacial score (nSPS) is 15.6. The number of aliphatic hydroxyl groups is 1. The molecule has 74 valence electrons. The standard InChI is InChI=1S/C10H17NOS/c1-3-11-10(8(2)7-12)9-5-4-6-13-9/h4-6,8,10-12H,3,7H2,1-2H3. The lowest BCUT2D eigenvalue weighted by Gasteiger charge is -2.21. The minimum absolute atomic E-state index is 0.232. The van der Waals surface area contributed by atoms with Crippen LogP contribution in [0.25, 0.3) is 0 Å². The van der Waals surface area contributed by atoms with E-state index >= 15 is 0 Å². The van der Waals surface area contributed by atoms with Gasteiger partial charge in [-0.05, 0) is 23.9 Å². The van der Waals surface area contributed by atoms with Crippen LogP contribution in [0.15, 0.2) is 17.5 Å². The van der Waals surface area contributed by atoms with E-state index in [9.17, 15) is 0 Å². The fourth-order valence-electron chi connectivity index (χ4n) is 1.38. The highest BCUT2D eigenvalue weighted by Crippen LogP contribution is 2.25. The van der Waals surface area contributed by atoms with Crippen molar-refractivity contribution in [1.29, 1.82) is 0 Å². The van der Waals surface area contributed by atoms with Gasteiger partial charge in [0.05, 0.1) is 0 Å². The SMILES string of the molecule is CCNC(c1cccs1)C(C)CO. The molecule has 1 aromatic rings. The fourth-order valence-corrected chi connectivity index (χ4v) is 2.31. The van der Waals surface area contributed by atoms with E-state index in [0.29, 0.717) is 6.04 Å². The van der Waals surface area contributed by atoms with Gasteiger partial charge in [0.15, 0.2) is 0 Å². The Labute approximate surface area is 83.6 Å². The molecule has 0 amide bonds. The Morgan fingerprint density at radius 3 is 2.85 bits per heavy atom. The summed E-state index contributed by atoms with van der Waals surface area (Å²) in [6.45, 7) is 5.32. The lowest BCUT2D eigenvalue weighted by molar-refractivity contribution is 0.204. The molecular formula is C10H17NOS. The van der Waals surface area contributed by atoms with Crippen LogP contribution in [0, 0.1) is 5.92 Å². The molecule has 0 saturated carbocycles. The van der Waals surface area contributed by atoms with E-state index in [0.717, 1.165) is 6.54 Å². The summed E-state index contributed by atoms with van der Waals surface area (Å²) in [6.07, 6.45) is 0. The largest absolute Gasteiger partial charge is 0.396 e. The Morgan fingerprint density at radius 2 is 2.38 bits per heavy atom. The highest BCUT2D eigenvalue weighted by atomic mass is 32.1. The first-order valence-electron chi connectivity index (χ1n) is 4.67. The van der Waals surface area contributed by atoms with Gasteiger partial charge >= 0.3 is 0 Å². The summed E-state index contributed by atoms with van der Waals surface area (Å²) in [4.78, 5) is 1.31. The van der Waals surface area contributed by atoms with Gasteiger partial charge in [-0.15, -0.1) is 11.3 Å². The lowest BCUT2D eigenvalue weighted by Crippen LogP contribution is -2.27. The molecule has 0 bridgehead atoms. The predicted molar refractivity (Wildman–Crippen MR) is 57.0 cm³/mol. The molecule has 1 heterocycles. The molecule has 2 atom stereocenters. The summed E-state index contributed by atoms with van der Waals surface area (Å²) in [5.41, 5.74) is 0. The molecule has 2 N–H and O–H groups in total. The van der Waals surface area contributed by atoms with Gasteiger partial charge in [0.25, 0.3) is 0 Å². The van der Waals surface area contributed by atoms with Crippen LogP contribution in [-0.2, 0) is 0 Å². The number of rotatable bonds is 5. The quantitative estimate of drug-likeness (QED) is 0.760. The van der Waals surface area contributed by atoms with E-state index in [2.05, 4.69) is 36.7 Å². The summed E-state index contributed by atoms with van der Waals surface area (Å²) in [5.74, 6) is 0.276. The topological polar surface area (TPSA) is 32.3 Å². The first kappa shape index (κ1) is 10.7. The smallest absolute Gasteiger partial charge is 0.0475 e. The first-order valence-corrected chi connectivity index (χ1v) is 5.55. The van der Waals surface area contributed by atoms with Crippen molar-refractivity contribution in [2.45, 2.75) is 19.9 Å². The zero-order valence-electron chi connectivity index (χ0n) is 8.16. The van der Waals surface area contributed by atoms with Gasteiger partial charge in [0, 0.05) is 17.5 Å². The molecule has 2 unspecified atom stereocenters. The molecule has 0 aliphatic carbocycles. The average Bonchev–Trinajstić information content (AvgIpc) is 2.65. The van der Waals surface area contributed by atoms with E-state index in [4.69, 9.17) is 5.11 Å². The molecule has 0 aliphatic rings. The maximum absolute atomic E-state index is 9.10. The molecule has 0 aromatic carbocycles. The van der Waals surface area contributed by atoms with Gasteiger partial charge in [-0.2, -0.15) is 0 Å². The average molecular weight is 199 g/mol. The van der Waals surface area contributed by atoms with Crippen LogP contribution >= 0.6 is 11.3 Å². The molecule has 0 saturated heterocycles. The van der Waals surface area contributed by atoms with Crippen LogP contribution in [0.4, 0.5) is 0 Å². The third-order valence-electron chi connectivity index (χ3n) is 2.13. The molecule has 13 heavy (non-hydrogen) atoms. The maximum Gasteiger partial charge on any atom is 0.0475 e.